The lowest BCUT2D eigenvalue weighted by atomic mass is 10.1. The third-order valence-corrected chi connectivity index (χ3v) is 5.69. The Labute approximate surface area is 208 Å². The molecule has 1 aromatic carbocycles. The second-order valence-corrected chi connectivity index (χ2v) is 8.04. The molecule has 9 heteroatoms. The summed E-state index contributed by atoms with van der Waals surface area (Å²) in [6.07, 6.45) is 3.15. The molecular weight excluding hydrogens is 521 g/mol. The van der Waals surface area contributed by atoms with Crippen molar-refractivity contribution in [3.05, 3.63) is 35.4 Å². The van der Waals surface area contributed by atoms with Gasteiger partial charge in [0.05, 0.1) is 13.2 Å². The van der Waals surface area contributed by atoms with Gasteiger partial charge in [-0.15, -0.1) is 24.0 Å². The van der Waals surface area contributed by atoms with Crippen LogP contribution in [0, 0.1) is 0 Å². The Morgan fingerprint density at radius 2 is 1.81 bits per heavy atom. The van der Waals surface area contributed by atoms with Gasteiger partial charge in [0.1, 0.15) is 0 Å². The van der Waals surface area contributed by atoms with E-state index >= 15 is 0 Å². The number of likely N-dealkylation sites (tertiary alicyclic amines) is 2. The van der Waals surface area contributed by atoms with Gasteiger partial charge in [-0.3, -0.25) is 4.79 Å². The van der Waals surface area contributed by atoms with Crippen LogP contribution in [-0.4, -0.2) is 66.6 Å². The molecule has 0 bridgehead atoms. The molecule has 1 aromatic rings. The van der Waals surface area contributed by atoms with Crippen LogP contribution in [0.5, 0.6) is 0 Å². The lowest BCUT2D eigenvalue weighted by Crippen LogP contribution is -2.49. The minimum absolute atomic E-state index is 0. The molecule has 0 radical (unpaired) electrons. The summed E-state index contributed by atoms with van der Waals surface area (Å²) >= 11 is 0. The molecule has 0 atom stereocenters. The molecule has 2 amide bonds. The fourth-order valence-corrected chi connectivity index (χ4v) is 3.95. The third kappa shape index (κ3) is 7.83. The second kappa shape index (κ2) is 13.5. The number of aliphatic imine (C=N–C) groups is 1. The highest BCUT2D eigenvalue weighted by Gasteiger charge is 2.24. The van der Waals surface area contributed by atoms with Crippen LogP contribution in [0.25, 0.3) is 0 Å². The SMILES string of the molecule is CCNC(=NCc1ccc(CN2CCCC2=O)cc1)NC1CCN(C(=O)OCC)CC1.I. The summed E-state index contributed by atoms with van der Waals surface area (Å²) in [6.45, 7) is 8.59. The molecule has 0 unspecified atom stereocenters. The Morgan fingerprint density at radius 3 is 2.41 bits per heavy atom. The summed E-state index contributed by atoms with van der Waals surface area (Å²) in [6, 6.07) is 8.62. The van der Waals surface area contributed by atoms with E-state index in [4.69, 9.17) is 9.73 Å². The highest BCUT2D eigenvalue weighted by Crippen LogP contribution is 2.15. The molecule has 2 aliphatic heterocycles. The Kier molecular flexibility index (Phi) is 11.1. The lowest BCUT2D eigenvalue weighted by molar-refractivity contribution is -0.128. The van der Waals surface area contributed by atoms with Crippen molar-refractivity contribution < 1.29 is 14.3 Å². The van der Waals surface area contributed by atoms with Crippen LogP contribution in [0.4, 0.5) is 4.79 Å². The first kappa shape index (κ1) is 26.2. The van der Waals surface area contributed by atoms with Gasteiger partial charge in [0.15, 0.2) is 5.96 Å². The standard InChI is InChI=1S/C23H35N5O3.HI/c1-3-24-22(26-20-11-14-27(15-12-20)23(30)31-4-2)25-16-18-7-9-19(10-8-18)17-28-13-5-6-21(28)29;/h7-10,20H,3-6,11-17H2,1-2H3,(H2,24,25,26);1H. The van der Waals surface area contributed by atoms with Gasteiger partial charge in [-0.2, -0.15) is 0 Å². The zero-order chi connectivity index (χ0) is 22.1. The zero-order valence-corrected chi connectivity index (χ0v) is 21.5. The number of rotatable bonds is 7. The first-order chi connectivity index (χ1) is 15.1. The van der Waals surface area contributed by atoms with Crippen LogP contribution < -0.4 is 10.6 Å². The third-order valence-electron chi connectivity index (χ3n) is 5.69. The number of piperidine rings is 1. The number of hydrogen-bond acceptors (Lipinski definition) is 4. The zero-order valence-electron chi connectivity index (χ0n) is 19.1. The minimum atomic E-state index is -0.223. The average molecular weight is 557 g/mol. The van der Waals surface area contributed by atoms with E-state index in [1.807, 2.05) is 11.8 Å². The molecule has 178 valence electrons. The van der Waals surface area contributed by atoms with Gasteiger partial charge in [-0.1, -0.05) is 24.3 Å². The van der Waals surface area contributed by atoms with Crippen LogP contribution in [0.15, 0.2) is 29.3 Å². The Hall–Kier alpha value is -2.04. The van der Waals surface area contributed by atoms with Gasteiger partial charge in [0.2, 0.25) is 5.91 Å². The summed E-state index contributed by atoms with van der Waals surface area (Å²) in [5.74, 6) is 1.05. The van der Waals surface area contributed by atoms with Gasteiger partial charge in [-0.05, 0) is 44.2 Å². The fraction of sp³-hybridized carbons (Fsp3) is 0.609. The number of carbonyl (C=O) groups excluding carboxylic acids is 2. The number of nitrogens with one attached hydrogen (secondary N) is 2. The van der Waals surface area contributed by atoms with Gasteiger partial charge >= 0.3 is 6.09 Å². The van der Waals surface area contributed by atoms with Crippen LogP contribution in [0.1, 0.15) is 50.7 Å². The van der Waals surface area contributed by atoms with E-state index in [0.29, 0.717) is 39.2 Å². The Balaban J connectivity index is 0.00000363. The van der Waals surface area contributed by atoms with Crippen LogP contribution >= 0.6 is 24.0 Å². The predicted molar refractivity (Wildman–Crippen MR) is 136 cm³/mol. The van der Waals surface area contributed by atoms with Crippen molar-refractivity contribution >= 4 is 41.9 Å². The van der Waals surface area contributed by atoms with E-state index in [9.17, 15) is 9.59 Å². The second-order valence-electron chi connectivity index (χ2n) is 8.04. The molecule has 2 aliphatic rings. The molecule has 32 heavy (non-hydrogen) atoms. The van der Waals surface area contributed by atoms with Crippen molar-refractivity contribution in [1.29, 1.82) is 0 Å². The maximum Gasteiger partial charge on any atom is 0.409 e. The van der Waals surface area contributed by atoms with Crippen molar-refractivity contribution in [1.82, 2.24) is 20.4 Å². The number of ether oxygens (including phenoxy) is 1. The fourth-order valence-electron chi connectivity index (χ4n) is 3.95. The van der Waals surface area contributed by atoms with Gasteiger partial charge in [0, 0.05) is 45.2 Å². The number of nitrogens with zero attached hydrogens (tertiary/aromatic N) is 3. The van der Waals surface area contributed by atoms with Crippen molar-refractivity contribution in [2.45, 2.75) is 58.7 Å². The number of halogens is 1. The van der Waals surface area contributed by atoms with E-state index in [2.05, 4.69) is 41.8 Å². The first-order valence-electron chi connectivity index (χ1n) is 11.4. The van der Waals surface area contributed by atoms with Crippen molar-refractivity contribution in [2.24, 2.45) is 4.99 Å². The molecule has 0 aromatic heterocycles. The number of benzene rings is 1. The summed E-state index contributed by atoms with van der Waals surface area (Å²) in [5, 5.41) is 6.81. The summed E-state index contributed by atoms with van der Waals surface area (Å²) in [4.78, 5) is 32.1. The van der Waals surface area contributed by atoms with E-state index in [1.165, 1.54) is 0 Å². The number of amides is 2. The maximum absolute atomic E-state index is 11.9. The molecule has 2 N–H and O–H groups in total. The van der Waals surface area contributed by atoms with Gasteiger partial charge < -0.3 is 25.2 Å². The van der Waals surface area contributed by atoms with E-state index in [-0.39, 0.29) is 42.0 Å². The van der Waals surface area contributed by atoms with E-state index in [0.717, 1.165) is 49.4 Å². The van der Waals surface area contributed by atoms with Crippen molar-refractivity contribution in [3.8, 4) is 0 Å². The monoisotopic (exact) mass is 557 g/mol. The molecule has 0 saturated carbocycles. The van der Waals surface area contributed by atoms with Crippen LogP contribution in [0.2, 0.25) is 0 Å². The molecule has 2 fully saturated rings. The summed E-state index contributed by atoms with van der Waals surface area (Å²) in [5.41, 5.74) is 2.28. The molecule has 3 rings (SSSR count). The average Bonchev–Trinajstić information content (AvgIpc) is 3.18. The van der Waals surface area contributed by atoms with Crippen LogP contribution in [0.3, 0.4) is 0 Å². The largest absolute Gasteiger partial charge is 0.450 e. The van der Waals surface area contributed by atoms with Gasteiger partial charge in [-0.25, -0.2) is 9.79 Å². The van der Waals surface area contributed by atoms with E-state index < -0.39 is 0 Å². The summed E-state index contributed by atoms with van der Waals surface area (Å²) in [7, 11) is 0. The minimum Gasteiger partial charge on any atom is -0.450 e. The maximum atomic E-state index is 11.9. The number of carbonyl (C=O) groups is 2. The number of guanidine groups is 1. The Bertz CT molecular complexity index is 763. The highest BCUT2D eigenvalue weighted by atomic mass is 127. The number of hydrogen-bond donors (Lipinski definition) is 2. The summed E-state index contributed by atoms with van der Waals surface area (Å²) < 4.78 is 5.09. The molecule has 2 heterocycles. The predicted octanol–water partition coefficient (Wildman–Crippen LogP) is 3.10. The molecule has 2 saturated heterocycles. The van der Waals surface area contributed by atoms with Crippen LogP contribution in [-0.2, 0) is 22.6 Å². The molecule has 0 spiro atoms. The smallest absolute Gasteiger partial charge is 0.409 e. The van der Waals surface area contributed by atoms with E-state index in [1.54, 1.807) is 4.90 Å². The Morgan fingerprint density at radius 1 is 1.12 bits per heavy atom. The topological polar surface area (TPSA) is 86.3 Å². The lowest BCUT2D eigenvalue weighted by Gasteiger charge is -2.32. The normalized spacial score (nSPS) is 17.2. The highest BCUT2D eigenvalue weighted by molar-refractivity contribution is 14.0. The van der Waals surface area contributed by atoms with Gasteiger partial charge in [0.25, 0.3) is 0 Å². The molecule has 0 aliphatic carbocycles. The first-order valence-corrected chi connectivity index (χ1v) is 11.4. The van der Waals surface area contributed by atoms with Crippen molar-refractivity contribution in [2.75, 3.05) is 32.8 Å². The quantitative estimate of drug-likeness (QED) is 0.306. The molecule has 8 nitrogen and oxygen atoms in total. The van der Waals surface area contributed by atoms with Crippen molar-refractivity contribution in [3.63, 3.8) is 0 Å². The molecular formula is C23H36IN5O3.